The SMILES string of the molecule is CC(=O)N(c1cccc(Oc2cccc(Cl)c2)c1)C1CCNc2nc(C)ncc21. The topological polar surface area (TPSA) is 67.3 Å². The summed E-state index contributed by atoms with van der Waals surface area (Å²) in [6.07, 6.45) is 2.56. The summed E-state index contributed by atoms with van der Waals surface area (Å²) in [5.74, 6) is 2.70. The Bertz CT molecular complexity index is 1060. The Labute approximate surface area is 174 Å². The molecule has 2 aromatic carbocycles. The number of ether oxygens (including phenoxy) is 1. The Morgan fingerprint density at radius 3 is 2.72 bits per heavy atom. The maximum Gasteiger partial charge on any atom is 0.224 e. The van der Waals surface area contributed by atoms with Crippen molar-refractivity contribution in [2.45, 2.75) is 26.3 Å². The van der Waals surface area contributed by atoms with Crippen molar-refractivity contribution >= 4 is 29.0 Å². The number of amides is 1. The fourth-order valence-electron chi connectivity index (χ4n) is 3.56. The van der Waals surface area contributed by atoms with E-state index in [1.54, 1.807) is 30.2 Å². The van der Waals surface area contributed by atoms with Crippen molar-refractivity contribution in [2.75, 3.05) is 16.8 Å². The highest BCUT2D eigenvalue weighted by molar-refractivity contribution is 6.30. The molecule has 1 atom stereocenters. The van der Waals surface area contributed by atoms with Gasteiger partial charge in [0.15, 0.2) is 0 Å². The first-order valence-corrected chi connectivity index (χ1v) is 9.80. The van der Waals surface area contributed by atoms with Crippen LogP contribution in [0.25, 0.3) is 0 Å². The van der Waals surface area contributed by atoms with E-state index in [1.165, 1.54) is 0 Å². The average molecular weight is 409 g/mol. The lowest BCUT2D eigenvalue weighted by molar-refractivity contribution is -0.117. The number of fused-ring (bicyclic) bond motifs is 1. The molecule has 1 aromatic heterocycles. The van der Waals surface area contributed by atoms with Gasteiger partial charge in [0.2, 0.25) is 5.91 Å². The molecule has 6 nitrogen and oxygen atoms in total. The number of carbonyl (C=O) groups is 1. The van der Waals surface area contributed by atoms with E-state index in [4.69, 9.17) is 16.3 Å². The van der Waals surface area contributed by atoms with Crippen LogP contribution < -0.4 is 15.0 Å². The van der Waals surface area contributed by atoms with Gasteiger partial charge in [-0.1, -0.05) is 23.7 Å². The van der Waals surface area contributed by atoms with Gasteiger partial charge in [-0.2, -0.15) is 0 Å². The molecule has 0 saturated heterocycles. The molecule has 0 fully saturated rings. The summed E-state index contributed by atoms with van der Waals surface area (Å²) >= 11 is 6.04. The van der Waals surface area contributed by atoms with Crippen molar-refractivity contribution in [3.05, 3.63) is 71.1 Å². The minimum absolute atomic E-state index is 0.0525. The lowest BCUT2D eigenvalue weighted by atomic mass is 9.99. The van der Waals surface area contributed by atoms with Crippen molar-refractivity contribution in [2.24, 2.45) is 0 Å². The van der Waals surface area contributed by atoms with Crippen LogP contribution in [-0.2, 0) is 4.79 Å². The van der Waals surface area contributed by atoms with Crippen LogP contribution in [-0.4, -0.2) is 22.4 Å². The van der Waals surface area contributed by atoms with Crippen LogP contribution in [0.4, 0.5) is 11.5 Å². The highest BCUT2D eigenvalue weighted by Gasteiger charge is 2.30. The maximum absolute atomic E-state index is 12.6. The van der Waals surface area contributed by atoms with E-state index in [2.05, 4.69) is 15.3 Å². The van der Waals surface area contributed by atoms with Crippen molar-refractivity contribution in [1.82, 2.24) is 9.97 Å². The highest BCUT2D eigenvalue weighted by atomic mass is 35.5. The Morgan fingerprint density at radius 2 is 1.97 bits per heavy atom. The molecule has 2 heterocycles. The Kier molecular flexibility index (Phi) is 5.36. The van der Waals surface area contributed by atoms with E-state index in [9.17, 15) is 4.79 Å². The van der Waals surface area contributed by atoms with E-state index >= 15 is 0 Å². The van der Waals surface area contributed by atoms with Crippen LogP contribution in [0.3, 0.4) is 0 Å². The molecule has 7 heteroatoms. The molecule has 4 rings (SSSR count). The summed E-state index contributed by atoms with van der Waals surface area (Å²) < 4.78 is 5.94. The van der Waals surface area contributed by atoms with E-state index < -0.39 is 0 Å². The number of anilines is 2. The maximum atomic E-state index is 12.6. The summed E-state index contributed by atoms with van der Waals surface area (Å²) in [7, 11) is 0. The van der Waals surface area contributed by atoms with Gasteiger partial charge >= 0.3 is 0 Å². The zero-order valence-corrected chi connectivity index (χ0v) is 17.0. The van der Waals surface area contributed by atoms with Crippen LogP contribution in [0.2, 0.25) is 5.02 Å². The fraction of sp³-hybridized carbons (Fsp3) is 0.227. The summed E-state index contributed by atoms with van der Waals surface area (Å²) in [4.78, 5) is 23.2. The predicted octanol–water partition coefficient (Wildman–Crippen LogP) is 5.14. The summed E-state index contributed by atoms with van der Waals surface area (Å²) in [6, 6.07) is 14.6. The normalized spacial score (nSPS) is 15.2. The number of nitrogens with one attached hydrogen (secondary N) is 1. The van der Waals surface area contributed by atoms with E-state index in [0.29, 0.717) is 22.3 Å². The summed E-state index contributed by atoms with van der Waals surface area (Å²) in [5, 5.41) is 3.90. The number of hydrogen-bond donors (Lipinski definition) is 1. The molecule has 0 saturated carbocycles. The van der Waals surface area contributed by atoms with E-state index in [-0.39, 0.29) is 11.9 Å². The van der Waals surface area contributed by atoms with Crippen LogP contribution in [0.1, 0.15) is 30.8 Å². The number of benzene rings is 2. The van der Waals surface area contributed by atoms with Crippen molar-refractivity contribution in [3.8, 4) is 11.5 Å². The van der Waals surface area contributed by atoms with Gasteiger partial charge < -0.3 is 15.0 Å². The van der Waals surface area contributed by atoms with Gasteiger partial charge in [-0.15, -0.1) is 0 Å². The second-order valence-electron chi connectivity index (χ2n) is 6.90. The van der Waals surface area contributed by atoms with Gasteiger partial charge in [0.25, 0.3) is 0 Å². The zero-order valence-electron chi connectivity index (χ0n) is 16.2. The number of hydrogen-bond acceptors (Lipinski definition) is 5. The summed E-state index contributed by atoms with van der Waals surface area (Å²) in [5.41, 5.74) is 1.67. The van der Waals surface area contributed by atoms with Gasteiger partial charge in [0, 0.05) is 42.0 Å². The second-order valence-corrected chi connectivity index (χ2v) is 7.33. The molecular weight excluding hydrogens is 388 g/mol. The van der Waals surface area contributed by atoms with E-state index in [0.717, 1.165) is 30.0 Å². The number of aryl methyl sites for hydroxylation is 1. The second kappa shape index (κ2) is 8.09. The molecule has 148 valence electrons. The molecule has 1 unspecified atom stereocenters. The smallest absolute Gasteiger partial charge is 0.224 e. The molecule has 1 amide bonds. The molecule has 0 aliphatic carbocycles. The Balaban J connectivity index is 1.68. The van der Waals surface area contributed by atoms with Crippen molar-refractivity contribution in [3.63, 3.8) is 0 Å². The fourth-order valence-corrected chi connectivity index (χ4v) is 3.74. The molecule has 1 aliphatic heterocycles. The molecule has 0 spiro atoms. The third kappa shape index (κ3) is 4.17. The highest BCUT2D eigenvalue weighted by Crippen LogP contribution is 2.37. The monoisotopic (exact) mass is 408 g/mol. The van der Waals surface area contributed by atoms with Crippen LogP contribution in [0.5, 0.6) is 11.5 Å². The quantitative estimate of drug-likeness (QED) is 0.647. The Morgan fingerprint density at radius 1 is 1.21 bits per heavy atom. The van der Waals surface area contributed by atoms with Crippen molar-refractivity contribution in [1.29, 1.82) is 0 Å². The standard InChI is InChI=1S/C22H21ClN4O2/c1-14-25-13-20-21(9-10-24-22(20)26-14)27(15(2)28)17-6-4-8-19(12-17)29-18-7-3-5-16(23)11-18/h3-8,11-13,21H,9-10H2,1-2H3,(H,24,25,26). The molecule has 3 aromatic rings. The summed E-state index contributed by atoms with van der Waals surface area (Å²) in [6.45, 7) is 4.16. The van der Waals surface area contributed by atoms with Crippen molar-refractivity contribution < 1.29 is 9.53 Å². The third-order valence-electron chi connectivity index (χ3n) is 4.79. The van der Waals surface area contributed by atoms with Crippen LogP contribution in [0.15, 0.2) is 54.7 Å². The Hall–Kier alpha value is -3.12. The third-order valence-corrected chi connectivity index (χ3v) is 5.02. The number of aromatic nitrogens is 2. The predicted molar refractivity (Wildman–Crippen MR) is 114 cm³/mol. The number of carbonyl (C=O) groups excluding carboxylic acids is 1. The van der Waals surface area contributed by atoms with Gasteiger partial charge in [0.05, 0.1) is 6.04 Å². The largest absolute Gasteiger partial charge is 0.457 e. The van der Waals surface area contributed by atoms with Crippen LogP contribution in [0, 0.1) is 6.92 Å². The van der Waals surface area contributed by atoms with Gasteiger partial charge in [-0.3, -0.25) is 4.79 Å². The molecule has 0 radical (unpaired) electrons. The molecule has 1 aliphatic rings. The van der Waals surface area contributed by atoms with E-state index in [1.807, 2.05) is 43.3 Å². The number of nitrogens with zero attached hydrogens (tertiary/aromatic N) is 3. The number of halogens is 1. The first-order chi connectivity index (χ1) is 14.0. The van der Waals surface area contributed by atoms with Gasteiger partial charge in [-0.25, -0.2) is 9.97 Å². The van der Waals surface area contributed by atoms with Gasteiger partial charge in [-0.05, 0) is 43.7 Å². The zero-order chi connectivity index (χ0) is 20.4. The first-order valence-electron chi connectivity index (χ1n) is 9.42. The molecule has 29 heavy (non-hydrogen) atoms. The molecule has 0 bridgehead atoms. The van der Waals surface area contributed by atoms with Crippen LogP contribution >= 0.6 is 11.6 Å². The molecular formula is C22H21ClN4O2. The number of rotatable bonds is 4. The first kappa shape index (κ1) is 19.2. The minimum Gasteiger partial charge on any atom is -0.457 e. The lowest BCUT2D eigenvalue weighted by Gasteiger charge is -2.35. The van der Waals surface area contributed by atoms with Gasteiger partial charge in [0.1, 0.15) is 23.1 Å². The minimum atomic E-state index is -0.147. The lowest BCUT2D eigenvalue weighted by Crippen LogP contribution is -2.37. The molecule has 1 N–H and O–H groups in total. The average Bonchev–Trinajstić information content (AvgIpc) is 2.68.